The van der Waals surface area contributed by atoms with Gasteiger partial charge in [0.05, 0.1) is 22.0 Å². The number of phenols is 1. The minimum Gasteiger partial charge on any atom is -0.508 e. The summed E-state index contributed by atoms with van der Waals surface area (Å²) < 4.78 is 5.21. The van der Waals surface area contributed by atoms with Crippen molar-refractivity contribution in [3.63, 3.8) is 0 Å². The SMILES string of the molecule is Cc1c(CC(=O)Nc2ccc(Cl)c(Cl)c2)c(=O)oc2cc(O)ccc12. The summed E-state index contributed by atoms with van der Waals surface area (Å²) in [5.74, 6) is -0.382. The highest BCUT2D eigenvalue weighted by Crippen LogP contribution is 2.26. The zero-order chi connectivity index (χ0) is 18.1. The van der Waals surface area contributed by atoms with Crippen molar-refractivity contribution in [3.8, 4) is 5.75 Å². The predicted molar refractivity (Wildman–Crippen MR) is 97.7 cm³/mol. The van der Waals surface area contributed by atoms with Gasteiger partial charge in [-0.1, -0.05) is 23.2 Å². The Bertz CT molecular complexity index is 1040. The number of benzene rings is 2. The quantitative estimate of drug-likeness (QED) is 0.667. The third-order valence-corrected chi connectivity index (χ3v) is 4.55. The van der Waals surface area contributed by atoms with E-state index in [2.05, 4.69) is 5.32 Å². The van der Waals surface area contributed by atoms with Gasteiger partial charge < -0.3 is 14.8 Å². The minimum atomic E-state index is -0.611. The highest BCUT2D eigenvalue weighted by atomic mass is 35.5. The molecule has 1 amide bonds. The maximum Gasteiger partial charge on any atom is 0.340 e. The Labute approximate surface area is 152 Å². The first-order valence-corrected chi connectivity index (χ1v) is 8.11. The Morgan fingerprint density at radius 3 is 2.64 bits per heavy atom. The number of amides is 1. The fourth-order valence-corrected chi connectivity index (χ4v) is 2.82. The van der Waals surface area contributed by atoms with Crippen molar-refractivity contribution < 1.29 is 14.3 Å². The van der Waals surface area contributed by atoms with Gasteiger partial charge in [-0.25, -0.2) is 4.79 Å². The number of phenolic OH excluding ortho intramolecular Hbond substituents is 1. The average molecular weight is 378 g/mol. The van der Waals surface area contributed by atoms with Crippen molar-refractivity contribution >= 4 is 45.8 Å². The van der Waals surface area contributed by atoms with Gasteiger partial charge in [0.2, 0.25) is 5.91 Å². The number of hydrogen-bond donors (Lipinski definition) is 2. The molecule has 0 atom stereocenters. The standard InChI is InChI=1S/C18H13Cl2NO4/c1-9-12-4-3-11(22)7-16(12)25-18(24)13(9)8-17(23)21-10-2-5-14(19)15(20)6-10/h2-7,22H,8H2,1H3,(H,21,23). The van der Waals surface area contributed by atoms with E-state index in [-0.39, 0.29) is 29.2 Å². The second-order valence-electron chi connectivity index (χ2n) is 5.53. The molecule has 0 spiro atoms. The molecule has 0 saturated carbocycles. The normalized spacial score (nSPS) is 10.8. The Balaban J connectivity index is 1.89. The van der Waals surface area contributed by atoms with E-state index in [0.717, 1.165) is 0 Å². The molecule has 0 saturated heterocycles. The van der Waals surface area contributed by atoms with Crippen LogP contribution in [0.15, 0.2) is 45.6 Å². The third kappa shape index (κ3) is 3.62. The minimum absolute atomic E-state index is 0.000148. The van der Waals surface area contributed by atoms with Crippen molar-refractivity contribution in [3.05, 3.63) is 68.0 Å². The van der Waals surface area contributed by atoms with Crippen molar-refractivity contribution in [1.82, 2.24) is 0 Å². The first-order valence-electron chi connectivity index (χ1n) is 7.35. The van der Waals surface area contributed by atoms with Crippen LogP contribution >= 0.6 is 23.2 Å². The van der Waals surface area contributed by atoms with Gasteiger partial charge in [0.15, 0.2) is 0 Å². The van der Waals surface area contributed by atoms with Crippen LogP contribution in [0.25, 0.3) is 11.0 Å². The zero-order valence-corrected chi connectivity index (χ0v) is 14.6. The van der Waals surface area contributed by atoms with E-state index in [4.69, 9.17) is 27.6 Å². The van der Waals surface area contributed by atoms with Crippen LogP contribution in [-0.2, 0) is 11.2 Å². The topological polar surface area (TPSA) is 79.5 Å². The molecule has 7 heteroatoms. The summed E-state index contributed by atoms with van der Waals surface area (Å²) in [5, 5.41) is 13.5. The summed E-state index contributed by atoms with van der Waals surface area (Å²) in [7, 11) is 0. The first-order chi connectivity index (χ1) is 11.8. The van der Waals surface area contributed by atoms with Crippen LogP contribution in [0.2, 0.25) is 10.0 Å². The lowest BCUT2D eigenvalue weighted by atomic mass is 10.0. The summed E-state index contributed by atoms with van der Waals surface area (Å²) in [4.78, 5) is 24.5. The van der Waals surface area contributed by atoms with Crippen LogP contribution in [0.1, 0.15) is 11.1 Å². The summed E-state index contributed by atoms with van der Waals surface area (Å²) in [6, 6.07) is 9.22. The molecule has 0 aliphatic carbocycles. The molecule has 2 N–H and O–H groups in total. The highest BCUT2D eigenvalue weighted by molar-refractivity contribution is 6.42. The summed E-state index contributed by atoms with van der Waals surface area (Å²) in [6.45, 7) is 1.73. The summed E-state index contributed by atoms with van der Waals surface area (Å²) >= 11 is 11.8. The molecule has 3 aromatic rings. The number of halogens is 2. The number of aromatic hydroxyl groups is 1. The lowest BCUT2D eigenvalue weighted by molar-refractivity contribution is -0.115. The fourth-order valence-electron chi connectivity index (χ4n) is 2.53. The Kier molecular flexibility index (Phi) is 4.70. The molecule has 0 aliphatic heterocycles. The number of anilines is 1. The monoisotopic (exact) mass is 377 g/mol. The van der Waals surface area contributed by atoms with Gasteiger partial charge >= 0.3 is 5.63 Å². The molecule has 25 heavy (non-hydrogen) atoms. The average Bonchev–Trinajstić information content (AvgIpc) is 2.54. The maximum absolute atomic E-state index is 12.3. The lowest BCUT2D eigenvalue weighted by Crippen LogP contribution is -2.20. The van der Waals surface area contributed by atoms with Crippen molar-refractivity contribution in [2.24, 2.45) is 0 Å². The van der Waals surface area contributed by atoms with Crippen LogP contribution in [0.4, 0.5) is 5.69 Å². The molecule has 1 aromatic heterocycles. The highest BCUT2D eigenvalue weighted by Gasteiger charge is 2.15. The van der Waals surface area contributed by atoms with Crippen LogP contribution in [0.3, 0.4) is 0 Å². The molecule has 3 rings (SSSR count). The van der Waals surface area contributed by atoms with E-state index >= 15 is 0 Å². The third-order valence-electron chi connectivity index (χ3n) is 3.81. The largest absolute Gasteiger partial charge is 0.508 e. The number of fused-ring (bicyclic) bond motifs is 1. The van der Waals surface area contributed by atoms with Crippen LogP contribution in [0.5, 0.6) is 5.75 Å². The lowest BCUT2D eigenvalue weighted by Gasteiger charge is -2.09. The van der Waals surface area contributed by atoms with Gasteiger partial charge in [-0.2, -0.15) is 0 Å². The van der Waals surface area contributed by atoms with Crippen molar-refractivity contribution in [1.29, 1.82) is 0 Å². The number of rotatable bonds is 3. The molecule has 1 heterocycles. The first kappa shape index (κ1) is 17.3. The molecular weight excluding hydrogens is 365 g/mol. The number of carbonyl (C=O) groups is 1. The number of hydrogen-bond acceptors (Lipinski definition) is 4. The van der Waals surface area contributed by atoms with E-state index < -0.39 is 5.63 Å². The molecule has 5 nitrogen and oxygen atoms in total. The smallest absolute Gasteiger partial charge is 0.340 e. The number of aryl methyl sites for hydroxylation is 1. The van der Waals surface area contributed by atoms with Gasteiger partial charge in [0.1, 0.15) is 11.3 Å². The molecule has 0 radical (unpaired) electrons. The van der Waals surface area contributed by atoms with Crippen LogP contribution in [0, 0.1) is 6.92 Å². The van der Waals surface area contributed by atoms with E-state index in [1.807, 2.05) is 0 Å². The molecule has 2 aromatic carbocycles. The number of nitrogens with one attached hydrogen (secondary N) is 1. The second kappa shape index (κ2) is 6.78. The van der Waals surface area contributed by atoms with E-state index in [1.165, 1.54) is 18.2 Å². The van der Waals surface area contributed by atoms with Crippen LogP contribution < -0.4 is 10.9 Å². The molecule has 0 aliphatic rings. The molecule has 0 fully saturated rings. The van der Waals surface area contributed by atoms with E-state index in [9.17, 15) is 14.7 Å². The van der Waals surface area contributed by atoms with Gasteiger partial charge in [0.25, 0.3) is 0 Å². The maximum atomic E-state index is 12.3. The fraction of sp³-hybridized carbons (Fsp3) is 0.111. The van der Waals surface area contributed by atoms with Gasteiger partial charge in [0, 0.05) is 17.1 Å². The molecule has 0 bridgehead atoms. The number of carbonyl (C=O) groups excluding carboxylic acids is 1. The van der Waals surface area contributed by atoms with Crippen molar-refractivity contribution in [2.45, 2.75) is 13.3 Å². The van der Waals surface area contributed by atoms with Gasteiger partial charge in [-0.3, -0.25) is 4.79 Å². The zero-order valence-electron chi connectivity index (χ0n) is 13.1. The second-order valence-corrected chi connectivity index (χ2v) is 6.34. The van der Waals surface area contributed by atoms with E-state index in [0.29, 0.717) is 26.7 Å². The molecule has 128 valence electrons. The Morgan fingerprint density at radius 2 is 1.92 bits per heavy atom. The summed E-state index contributed by atoms with van der Waals surface area (Å²) in [6.07, 6.45) is -0.148. The Hall–Kier alpha value is -2.50. The van der Waals surface area contributed by atoms with Crippen molar-refractivity contribution in [2.75, 3.05) is 5.32 Å². The Morgan fingerprint density at radius 1 is 1.16 bits per heavy atom. The molecular formula is C18H13Cl2NO4. The molecule has 0 unspecified atom stereocenters. The van der Waals surface area contributed by atoms with Gasteiger partial charge in [-0.05, 0) is 42.8 Å². The van der Waals surface area contributed by atoms with Crippen LogP contribution in [-0.4, -0.2) is 11.0 Å². The van der Waals surface area contributed by atoms with E-state index in [1.54, 1.807) is 25.1 Å². The summed E-state index contributed by atoms with van der Waals surface area (Å²) in [5.41, 5.74) is 1.04. The van der Waals surface area contributed by atoms with Gasteiger partial charge in [-0.15, -0.1) is 0 Å². The predicted octanol–water partition coefficient (Wildman–Crippen LogP) is 4.30.